The number of fused-ring (bicyclic) bond motifs is 1. The van der Waals surface area contributed by atoms with Crippen molar-refractivity contribution in [1.82, 2.24) is 0 Å². The zero-order chi connectivity index (χ0) is 14.3. The van der Waals surface area contributed by atoms with Crippen LogP contribution in [-0.4, -0.2) is 12.4 Å². The van der Waals surface area contributed by atoms with Crippen LogP contribution in [0.4, 0.5) is 4.39 Å². The SMILES string of the molecule is O=C(c1ccc(Br)cc1F)c1cc(Br)cc2c1OCC2. The zero-order valence-corrected chi connectivity index (χ0v) is 13.4. The second-order valence-corrected chi connectivity index (χ2v) is 6.32. The van der Waals surface area contributed by atoms with E-state index in [9.17, 15) is 9.18 Å². The van der Waals surface area contributed by atoms with Gasteiger partial charge >= 0.3 is 0 Å². The van der Waals surface area contributed by atoms with Gasteiger partial charge in [-0.25, -0.2) is 4.39 Å². The summed E-state index contributed by atoms with van der Waals surface area (Å²) in [7, 11) is 0. The Morgan fingerprint density at radius 1 is 1.10 bits per heavy atom. The van der Waals surface area contributed by atoms with E-state index >= 15 is 0 Å². The highest BCUT2D eigenvalue weighted by molar-refractivity contribution is 9.10. The normalized spacial score (nSPS) is 12.9. The minimum absolute atomic E-state index is 0.0454. The van der Waals surface area contributed by atoms with E-state index in [0.717, 1.165) is 16.5 Å². The predicted octanol–water partition coefficient (Wildman–Crippen LogP) is 4.52. The molecule has 20 heavy (non-hydrogen) atoms. The lowest BCUT2D eigenvalue weighted by molar-refractivity contribution is 0.103. The zero-order valence-electron chi connectivity index (χ0n) is 10.3. The molecular formula is C15H9Br2FO2. The molecule has 0 atom stereocenters. The molecule has 0 amide bonds. The van der Waals surface area contributed by atoms with E-state index in [2.05, 4.69) is 31.9 Å². The molecule has 0 fully saturated rings. The van der Waals surface area contributed by atoms with Gasteiger partial charge in [0.05, 0.1) is 17.7 Å². The van der Waals surface area contributed by atoms with Crippen LogP contribution in [-0.2, 0) is 6.42 Å². The molecule has 0 saturated heterocycles. The van der Waals surface area contributed by atoms with Crippen LogP contribution in [0.3, 0.4) is 0 Å². The van der Waals surface area contributed by atoms with E-state index < -0.39 is 5.82 Å². The first-order valence-corrected chi connectivity index (χ1v) is 7.60. The molecule has 1 heterocycles. The maximum absolute atomic E-state index is 13.9. The fraction of sp³-hybridized carbons (Fsp3) is 0.133. The number of ketones is 1. The number of hydrogen-bond acceptors (Lipinski definition) is 2. The second-order valence-electron chi connectivity index (χ2n) is 4.49. The summed E-state index contributed by atoms with van der Waals surface area (Å²) in [5, 5.41) is 0. The lowest BCUT2D eigenvalue weighted by Gasteiger charge is -2.09. The average Bonchev–Trinajstić information content (AvgIpc) is 2.85. The van der Waals surface area contributed by atoms with Gasteiger partial charge in [0, 0.05) is 15.4 Å². The Morgan fingerprint density at radius 3 is 2.65 bits per heavy atom. The number of hydrogen-bond donors (Lipinski definition) is 0. The third kappa shape index (κ3) is 2.40. The lowest BCUT2D eigenvalue weighted by Crippen LogP contribution is -2.06. The van der Waals surface area contributed by atoms with Crippen LogP contribution in [0.1, 0.15) is 21.5 Å². The molecule has 0 aromatic heterocycles. The molecule has 1 aliphatic heterocycles. The van der Waals surface area contributed by atoms with Crippen molar-refractivity contribution in [3.05, 3.63) is 61.8 Å². The minimum atomic E-state index is -0.545. The summed E-state index contributed by atoms with van der Waals surface area (Å²) in [4.78, 5) is 12.5. The van der Waals surface area contributed by atoms with Crippen LogP contribution >= 0.6 is 31.9 Å². The molecule has 102 valence electrons. The van der Waals surface area contributed by atoms with Crippen LogP contribution in [0.5, 0.6) is 5.75 Å². The molecule has 0 radical (unpaired) electrons. The summed E-state index contributed by atoms with van der Waals surface area (Å²) < 4.78 is 20.8. The number of ether oxygens (including phenoxy) is 1. The van der Waals surface area contributed by atoms with E-state index in [-0.39, 0.29) is 11.3 Å². The van der Waals surface area contributed by atoms with Gasteiger partial charge in [0.2, 0.25) is 0 Å². The molecule has 2 aromatic rings. The van der Waals surface area contributed by atoms with Crippen molar-refractivity contribution in [3.8, 4) is 5.75 Å². The van der Waals surface area contributed by atoms with Crippen molar-refractivity contribution >= 4 is 37.6 Å². The van der Waals surface area contributed by atoms with Crippen molar-refractivity contribution in [3.63, 3.8) is 0 Å². The van der Waals surface area contributed by atoms with Crippen molar-refractivity contribution in [2.45, 2.75) is 6.42 Å². The molecule has 0 N–H and O–H groups in total. The third-order valence-corrected chi connectivity index (χ3v) is 4.12. The van der Waals surface area contributed by atoms with Crippen LogP contribution in [0.2, 0.25) is 0 Å². The van der Waals surface area contributed by atoms with Gasteiger partial charge in [-0.1, -0.05) is 31.9 Å². The van der Waals surface area contributed by atoms with Gasteiger partial charge in [-0.05, 0) is 35.9 Å². The quantitative estimate of drug-likeness (QED) is 0.694. The summed E-state index contributed by atoms with van der Waals surface area (Å²) in [5.74, 6) is -0.342. The van der Waals surface area contributed by atoms with E-state index in [4.69, 9.17) is 4.74 Å². The number of halogens is 3. The largest absolute Gasteiger partial charge is 0.492 e. The van der Waals surface area contributed by atoms with Gasteiger partial charge in [-0.2, -0.15) is 0 Å². The van der Waals surface area contributed by atoms with Gasteiger partial charge < -0.3 is 4.74 Å². The number of carbonyl (C=O) groups is 1. The number of benzene rings is 2. The number of carbonyl (C=O) groups excluding carboxylic acids is 1. The maximum Gasteiger partial charge on any atom is 0.199 e. The van der Waals surface area contributed by atoms with Crippen LogP contribution in [0.25, 0.3) is 0 Å². The Balaban J connectivity index is 2.11. The molecule has 2 aromatic carbocycles. The average molecular weight is 400 g/mol. The fourth-order valence-electron chi connectivity index (χ4n) is 2.26. The minimum Gasteiger partial charge on any atom is -0.492 e. The van der Waals surface area contributed by atoms with Crippen molar-refractivity contribution < 1.29 is 13.9 Å². The molecule has 3 rings (SSSR count). The molecule has 0 unspecified atom stereocenters. The lowest BCUT2D eigenvalue weighted by atomic mass is 9.99. The summed E-state index contributed by atoms with van der Waals surface area (Å²) in [6.07, 6.45) is 0.762. The van der Waals surface area contributed by atoms with Gasteiger partial charge in [-0.3, -0.25) is 4.79 Å². The summed E-state index contributed by atoms with van der Waals surface area (Å²) in [5.41, 5.74) is 1.41. The molecule has 2 nitrogen and oxygen atoms in total. The first-order chi connectivity index (χ1) is 9.56. The monoisotopic (exact) mass is 398 g/mol. The molecule has 0 bridgehead atoms. The highest BCUT2D eigenvalue weighted by atomic mass is 79.9. The van der Waals surface area contributed by atoms with Gasteiger partial charge in [-0.15, -0.1) is 0 Å². The molecule has 0 spiro atoms. The predicted molar refractivity (Wildman–Crippen MR) is 80.9 cm³/mol. The maximum atomic E-state index is 13.9. The standard InChI is InChI=1S/C15H9Br2FO2/c16-9-1-2-11(13(18)7-9)14(19)12-6-10(17)5-8-3-4-20-15(8)12/h1-2,5-7H,3-4H2. The molecular weight excluding hydrogens is 391 g/mol. The Bertz CT molecular complexity index is 713. The fourth-order valence-corrected chi connectivity index (χ4v) is 3.10. The van der Waals surface area contributed by atoms with Crippen molar-refractivity contribution in [2.75, 3.05) is 6.61 Å². The Morgan fingerprint density at radius 2 is 1.90 bits per heavy atom. The first-order valence-electron chi connectivity index (χ1n) is 6.01. The Labute approximate surface area is 132 Å². The van der Waals surface area contributed by atoms with Crippen molar-refractivity contribution in [1.29, 1.82) is 0 Å². The first kappa shape index (κ1) is 13.8. The summed E-state index contributed by atoms with van der Waals surface area (Å²) in [6, 6.07) is 8.01. The van der Waals surface area contributed by atoms with Crippen molar-refractivity contribution in [2.24, 2.45) is 0 Å². The van der Waals surface area contributed by atoms with E-state index in [0.29, 0.717) is 22.4 Å². The molecule has 0 aliphatic carbocycles. The van der Waals surface area contributed by atoms with Gasteiger partial charge in [0.15, 0.2) is 5.78 Å². The topological polar surface area (TPSA) is 26.3 Å². The molecule has 0 saturated carbocycles. The molecule has 1 aliphatic rings. The number of rotatable bonds is 2. The summed E-state index contributed by atoms with van der Waals surface area (Å²) >= 11 is 6.56. The van der Waals surface area contributed by atoms with Crippen LogP contribution in [0.15, 0.2) is 39.3 Å². The highest BCUT2D eigenvalue weighted by Crippen LogP contribution is 2.34. The van der Waals surface area contributed by atoms with E-state index in [1.54, 1.807) is 12.1 Å². The van der Waals surface area contributed by atoms with Crippen LogP contribution in [0, 0.1) is 5.82 Å². The second kappa shape index (κ2) is 5.30. The van der Waals surface area contributed by atoms with Gasteiger partial charge in [0.25, 0.3) is 0 Å². The Hall–Kier alpha value is -1.20. The summed E-state index contributed by atoms with van der Waals surface area (Å²) in [6.45, 7) is 0.550. The van der Waals surface area contributed by atoms with E-state index in [1.165, 1.54) is 12.1 Å². The van der Waals surface area contributed by atoms with E-state index in [1.807, 2.05) is 6.07 Å². The Kier molecular flexibility index (Phi) is 3.65. The smallest absolute Gasteiger partial charge is 0.199 e. The molecule has 5 heteroatoms. The van der Waals surface area contributed by atoms with Crippen LogP contribution < -0.4 is 4.74 Å². The van der Waals surface area contributed by atoms with Gasteiger partial charge in [0.1, 0.15) is 11.6 Å². The third-order valence-electron chi connectivity index (χ3n) is 3.17. The highest BCUT2D eigenvalue weighted by Gasteiger charge is 2.24.